The zero-order valence-electron chi connectivity index (χ0n) is 19.1. The highest BCUT2D eigenvalue weighted by Crippen LogP contribution is 2.43. The highest BCUT2D eigenvalue weighted by atomic mass is 16.2. The molecule has 2 heteroatoms. The smallest absolute Gasteiger partial charge is 0.252 e. The highest BCUT2D eigenvalue weighted by molar-refractivity contribution is 6.05. The Bertz CT molecular complexity index is 912. The van der Waals surface area contributed by atoms with Crippen molar-refractivity contribution in [1.82, 2.24) is 5.32 Å². The number of rotatable bonds is 9. The minimum atomic E-state index is -0.858. The molecule has 0 bridgehead atoms. The van der Waals surface area contributed by atoms with Gasteiger partial charge in [0.15, 0.2) is 0 Å². The van der Waals surface area contributed by atoms with Crippen molar-refractivity contribution in [3.63, 3.8) is 0 Å². The molecule has 0 aromatic carbocycles. The fourth-order valence-corrected chi connectivity index (χ4v) is 3.55. The quantitative estimate of drug-likeness (QED) is 0.326. The fourth-order valence-electron chi connectivity index (χ4n) is 3.55. The molecule has 1 amide bonds. The van der Waals surface area contributed by atoms with E-state index >= 15 is 0 Å². The molecule has 158 valence electrons. The Kier molecular flexibility index (Phi) is 9.77. The van der Waals surface area contributed by atoms with E-state index < -0.39 is 5.54 Å². The lowest BCUT2D eigenvalue weighted by atomic mass is 9.74. The maximum atomic E-state index is 13.0. The largest absolute Gasteiger partial charge is 0.334 e. The molecular formula is C28H35NO. The minimum absolute atomic E-state index is 0.113. The zero-order chi connectivity index (χ0) is 22.7. The van der Waals surface area contributed by atoms with Crippen molar-refractivity contribution in [3.05, 3.63) is 120 Å². The number of carbonyl (C=O) groups is 1. The Morgan fingerprint density at radius 1 is 1.07 bits per heavy atom. The fraction of sp³-hybridized carbons (Fsp3) is 0.250. The van der Waals surface area contributed by atoms with E-state index in [0.717, 1.165) is 34.3 Å². The van der Waals surface area contributed by atoms with Crippen molar-refractivity contribution in [2.24, 2.45) is 0 Å². The minimum Gasteiger partial charge on any atom is -0.334 e. The molecule has 0 aliphatic carbocycles. The van der Waals surface area contributed by atoms with Gasteiger partial charge in [0, 0.05) is 5.57 Å². The molecule has 30 heavy (non-hydrogen) atoms. The number of carbonyl (C=O) groups excluding carboxylic acids is 1. The molecule has 1 N–H and O–H groups in total. The molecular weight excluding hydrogens is 366 g/mol. The third-order valence-electron chi connectivity index (χ3n) is 4.83. The van der Waals surface area contributed by atoms with E-state index in [2.05, 4.69) is 38.1 Å². The van der Waals surface area contributed by atoms with Gasteiger partial charge in [0.1, 0.15) is 5.54 Å². The lowest BCUT2D eigenvalue weighted by molar-refractivity contribution is -0.116. The summed E-state index contributed by atoms with van der Waals surface area (Å²) in [6.45, 7) is 21.9. The number of allylic oxidation sites excluding steroid dienone is 11. The topological polar surface area (TPSA) is 29.1 Å². The molecule has 0 radical (unpaired) electrons. The third-order valence-corrected chi connectivity index (χ3v) is 4.83. The van der Waals surface area contributed by atoms with E-state index in [1.165, 1.54) is 0 Å². The van der Waals surface area contributed by atoms with Crippen molar-refractivity contribution in [2.45, 2.75) is 46.6 Å². The van der Waals surface area contributed by atoms with Crippen LogP contribution in [0.4, 0.5) is 0 Å². The van der Waals surface area contributed by atoms with E-state index in [9.17, 15) is 4.79 Å². The zero-order valence-corrected chi connectivity index (χ0v) is 19.1. The molecule has 1 unspecified atom stereocenters. The molecule has 0 spiro atoms. The Labute approximate surface area is 182 Å². The van der Waals surface area contributed by atoms with Crippen molar-refractivity contribution in [2.75, 3.05) is 0 Å². The van der Waals surface area contributed by atoms with Gasteiger partial charge >= 0.3 is 0 Å². The van der Waals surface area contributed by atoms with Crippen LogP contribution in [0.1, 0.15) is 41.0 Å². The average Bonchev–Trinajstić information content (AvgIpc) is 2.98. The van der Waals surface area contributed by atoms with Gasteiger partial charge in [-0.2, -0.15) is 0 Å². The van der Waals surface area contributed by atoms with Gasteiger partial charge in [-0.25, -0.2) is 0 Å². The number of amides is 1. The number of nitrogens with one attached hydrogen (secondary N) is 1. The van der Waals surface area contributed by atoms with Crippen LogP contribution in [0.25, 0.3) is 0 Å². The van der Waals surface area contributed by atoms with Gasteiger partial charge in [-0.1, -0.05) is 105 Å². The molecule has 1 saturated heterocycles. The second kappa shape index (κ2) is 11.8. The van der Waals surface area contributed by atoms with Gasteiger partial charge in [0.05, 0.1) is 0 Å². The Hall–Kier alpha value is -3.13. The van der Waals surface area contributed by atoms with Crippen LogP contribution in [-0.2, 0) is 4.79 Å². The van der Waals surface area contributed by atoms with Crippen LogP contribution in [0.15, 0.2) is 120 Å². The molecule has 1 fully saturated rings. The van der Waals surface area contributed by atoms with E-state index in [4.69, 9.17) is 0 Å². The summed E-state index contributed by atoms with van der Waals surface area (Å²) in [5.74, 6) is -0.113. The first-order valence-electron chi connectivity index (χ1n) is 10.3. The van der Waals surface area contributed by atoms with E-state index in [1.54, 1.807) is 6.08 Å². The normalized spacial score (nSPS) is 23.6. The van der Waals surface area contributed by atoms with E-state index in [-0.39, 0.29) is 5.91 Å². The summed E-state index contributed by atoms with van der Waals surface area (Å²) in [5, 5.41) is 3.26. The summed E-state index contributed by atoms with van der Waals surface area (Å²) < 4.78 is 0. The number of hydrogen-bond donors (Lipinski definition) is 1. The van der Waals surface area contributed by atoms with E-state index in [0.29, 0.717) is 5.57 Å². The maximum absolute atomic E-state index is 13.0. The predicted molar refractivity (Wildman–Crippen MR) is 132 cm³/mol. The summed E-state index contributed by atoms with van der Waals surface area (Å²) in [4.78, 5) is 13.0. The van der Waals surface area contributed by atoms with Crippen molar-refractivity contribution in [3.8, 4) is 0 Å². The first-order valence-corrected chi connectivity index (χ1v) is 10.3. The van der Waals surface area contributed by atoms with Gasteiger partial charge in [-0.15, -0.1) is 0 Å². The van der Waals surface area contributed by atoms with Crippen molar-refractivity contribution in [1.29, 1.82) is 0 Å². The maximum Gasteiger partial charge on any atom is 0.252 e. The van der Waals surface area contributed by atoms with Crippen LogP contribution in [0, 0.1) is 0 Å². The van der Waals surface area contributed by atoms with Gasteiger partial charge in [-0.05, 0) is 50.8 Å². The monoisotopic (exact) mass is 401 g/mol. The predicted octanol–water partition coefficient (Wildman–Crippen LogP) is 7.02. The summed E-state index contributed by atoms with van der Waals surface area (Å²) in [6.07, 6.45) is 22.3. The lowest BCUT2D eigenvalue weighted by Crippen LogP contribution is -2.45. The lowest BCUT2D eigenvalue weighted by Gasteiger charge is -2.34. The average molecular weight is 402 g/mol. The van der Waals surface area contributed by atoms with Gasteiger partial charge in [0.2, 0.25) is 0 Å². The summed E-state index contributed by atoms with van der Waals surface area (Å²) in [7, 11) is 0. The Morgan fingerprint density at radius 3 is 2.27 bits per heavy atom. The SMILES string of the molecule is C=C/C=C1\C(=C/C)C(=O)NC1(/C(C=C)=C/C=C(C)\C=C/C)C(/C=C\C(=C)C)=C/CC. The van der Waals surface area contributed by atoms with Crippen LogP contribution in [0.5, 0.6) is 0 Å². The standard InChI is InChI=1S/C28H35NO/c1-9-14-22(8)18-20-23(12-4)28(24(15-10-2)19-17-21(6)7)26(16-11-3)25(13-5)27(30)29-28/h9,11-20H,3-4,6,10H2,1-2,5,7-8H3,(H,29,30)/b14-9-,19-17-,22-18-,23-20+,24-15+,25-13+,26-16+. The second-order valence-corrected chi connectivity index (χ2v) is 7.21. The van der Waals surface area contributed by atoms with Gasteiger partial charge in [-0.3, -0.25) is 4.79 Å². The summed E-state index contributed by atoms with van der Waals surface area (Å²) in [6, 6.07) is 0. The van der Waals surface area contributed by atoms with Crippen molar-refractivity contribution < 1.29 is 4.79 Å². The third kappa shape index (κ3) is 5.48. The molecule has 1 atom stereocenters. The molecule has 0 aromatic heterocycles. The summed E-state index contributed by atoms with van der Waals surface area (Å²) in [5.41, 5.74) is 4.54. The van der Waals surface area contributed by atoms with E-state index in [1.807, 2.05) is 82.4 Å². The van der Waals surface area contributed by atoms with Crippen LogP contribution >= 0.6 is 0 Å². The molecule has 2 nitrogen and oxygen atoms in total. The molecule has 1 rings (SSSR count). The Balaban J connectivity index is 4.01. The molecule has 1 aliphatic rings. The molecule has 1 aliphatic heterocycles. The molecule has 1 heterocycles. The molecule has 0 aromatic rings. The molecule has 0 saturated carbocycles. The Morgan fingerprint density at radius 2 is 1.77 bits per heavy atom. The first kappa shape index (κ1) is 24.9. The number of hydrogen-bond acceptors (Lipinski definition) is 1. The summed E-state index contributed by atoms with van der Waals surface area (Å²) >= 11 is 0. The van der Waals surface area contributed by atoms with Gasteiger partial charge in [0.25, 0.3) is 5.91 Å². The highest BCUT2D eigenvalue weighted by Gasteiger charge is 2.48. The van der Waals surface area contributed by atoms with Crippen LogP contribution < -0.4 is 5.32 Å². The van der Waals surface area contributed by atoms with Crippen LogP contribution in [0.2, 0.25) is 0 Å². The van der Waals surface area contributed by atoms with Crippen molar-refractivity contribution >= 4 is 5.91 Å². The second-order valence-electron chi connectivity index (χ2n) is 7.21. The van der Waals surface area contributed by atoms with Crippen LogP contribution in [0.3, 0.4) is 0 Å². The van der Waals surface area contributed by atoms with Crippen LogP contribution in [-0.4, -0.2) is 11.4 Å². The first-order chi connectivity index (χ1) is 14.3. The van der Waals surface area contributed by atoms with Gasteiger partial charge < -0.3 is 5.32 Å².